The number of aliphatic hydroxyl groups is 5. The van der Waals surface area contributed by atoms with E-state index in [9.17, 15) is 39.9 Å². The van der Waals surface area contributed by atoms with Gasteiger partial charge in [0.2, 0.25) is 0 Å². The van der Waals surface area contributed by atoms with Crippen molar-refractivity contribution in [2.24, 2.45) is 23.7 Å². The van der Waals surface area contributed by atoms with Crippen LogP contribution in [0.25, 0.3) is 0 Å². The fraction of sp³-hybridized carbons (Fsp3) is 0.848. The van der Waals surface area contributed by atoms with Gasteiger partial charge in [0.25, 0.3) is 0 Å². The number of rotatable bonds is 13. The Morgan fingerprint density at radius 2 is 1.46 bits per heavy atom. The highest BCUT2D eigenvalue weighted by molar-refractivity contribution is 7.45. The molecule has 4 aliphatic rings. The van der Waals surface area contributed by atoms with E-state index in [1.165, 1.54) is 27.2 Å². The molecule has 0 amide bonds. The largest absolute Gasteiger partial charge is 0.466 e. The van der Waals surface area contributed by atoms with Crippen LogP contribution in [0.5, 0.6) is 0 Å². The van der Waals surface area contributed by atoms with Crippen molar-refractivity contribution in [3.63, 3.8) is 0 Å². The van der Waals surface area contributed by atoms with Gasteiger partial charge in [0, 0.05) is 44.8 Å². The fourth-order valence-corrected chi connectivity index (χ4v) is 9.51. The van der Waals surface area contributed by atoms with Crippen molar-refractivity contribution >= 4 is 25.9 Å². The van der Waals surface area contributed by atoms with Gasteiger partial charge in [-0.25, -0.2) is 4.57 Å². The second-order valence-corrected chi connectivity index (χ2v) is 20.3. The summed E-state index contributed by atoms with van der Waals surface area (Å²) in [6, 6.07) is -0.748. The highest BCUT2D eigenvalue weighted by Gasteiger charge is 2.52. The lowest BCUT2D eigenvalue weighted by Gasteiger charge is -2.50. The Hall–Kier alpha value is -2.16. The van der Waals surface area contributed by atoms with E-state index in [1.807, 2.05) is 19.9 Å². The van der Waals surface area contributed by atoms with Gasteiger partial charge < -0.3 is 92.5 Å². The van der Waals surface area contributed by atoms with E-state index in [0.717, 1.165) is 6.29 Å². The summed E-state index contributed by atoms with van der Waals surface area (Å²) < 4.78 is 63.6. The second-order valence-electron chi connectivity index (χ2n) is 19.3. The quantitative estimate of drug-likeness (QED) is 0.0722. The minimum atomic E-state index is -4.64. The molecule has 0 saturated carbocycles. The number of hydrogen-bond acceptors (Lipinski definition) is 19. The molecule has 0 aliphatic carbocycles. The molecule has 21 atom stereocenters. The van der Waals surface area contributed by atoms with E-state index in [-0.39, 0.29) is 31.7 Å². The van der Waals surface area contributed by atoms with Crippen LogP contribution in [0.1, 0.15) is 87.5 Å². The van der Waals surface area contributed by atoms with E-state index in [4.69, 9.17) is 61.9 Å². The summed E-state index contributed by atoms with van der Waals surface area (Å²) >= 11 is 0. The number of esters is 1. The molecule has 4 rings (SSSR count). The number of carbonyl (C=O) groups excluding carboxylic acids is 3. The van der Waals surface area contributed by atoms with Crippen LogP contribution in [0.4, 0.5) is 0 Å². The molecule has 23 heteroatoms. The van der Waals surface area contributed by atoms with Crippen LogP contribution >= 0.6 is 7.82 Å². The molecule has 8 N–H and O–H groups in total. The average Bonchev–Trinajstić information content (AvgIpc) is 3.25. The number of aliphatic hydroxyl groups excluding tert-OH is 4. The zero-order valence-electron chi connectivity index (χ0n) is 41.9. The van der Waals surface area contributed by atoms with Crippen molar-refractivity contribution < 1.29 is 102 Å². The second kappa shape index (κ2) is 27.2. The van der Waals surface area contributed by atoms with Crippen molar-refractivity contribution in [1.82, 2.24) is 4.90 Å². The molecule has 0 radical (unpaired) electrons. The average molecular weight is 1010 g/mol. The minimum absolute atomic E-state index is 0.00788. The molecular formula is C46H80NO21P. The molecule has 400 valence electrons. The van der Waals surface area contributed by atoms with Gasteiger partial charge in [-0.1, -0.05) is 38.5 Å². The highest BCUT2D eigenvalue weighted by atomic mass is 31.2. The maximum absolute atomic E-state index is 13.8. The zero-order valence-corrected chi connectivity index (χ0v) is 42.8. The first-order valence-corrected chi connectivity index (χ1v) is 25.0. The topological polar surface area (TPSA) is 316 Å². The van der Waals surface area contributed by atoms with Crippen LogP contribution in [0, 0.1) is 23.7 Å². The molecule has 4 aliphatic heterocycles. The Morgan fingerprint density at radius 1 is 0.855 bits per heavy atom. The van der Waals surface area contributed by atoms with E-state index in [0.29, 0.717) is 12.0 Å². The number of ether oxygens (including phenoxy) is 9. The summed E-state index contributed by atoms with van der Waals surface area (Å²) in [5, 5.41) is 55.8. The third-order valence-electron chi connectivity index (χ3n) is 13.4. The van der Waals surface area contributed by atoms with Crippen molar-refractivity contribution in [2.75, 3.05) is 34.9 Å². The Labute approximate surface area is 405 Å². The molecule has 0 spiro atoms. The molecule has 69 heavy (non-hydrogen) atoms. The molecule has 4 heterocycles. The standard InChI is InChI=1S/C46H77NO17.H3O4P/c1-13-33-30(22-58-45-42(57-12)41(56-11)37(52)26(5)60-45)18-23(2)14-15-31(49)24(3)19-29(16-17-48)39(25(4)32(50)20-34(51)62-33)64-44-38(53)36(47(9)10)40(27(6)61-44)63-35-21-46(8,55)43(54)28(7)59-35;1-5(2,3)4/h14-15,17-18,24-30,32-33,35-45,50,52-55H,13,16,19-22H2,1-12H3;(H3,1,2,3,4)/t24?,25?,26?,27?,28?,29?,30?,32?,33?,35?,36?,37?,38?,39?,40?,41?,42?,43?,44?,45?,46-;/m1./s1. The number of methoxy groups -OCH3 is 2. The van der Waals surface area contributed by atoms with Crippen LogP contribution in [0.3, 0.4) is 0 Å². The van der Waals surface area contributed by atoms with Crippen LogP contribution in [0.15, 0.2) is 23.8 Å². The van der Waals surface area contributed by atoms with Gasteiger partial charge in [0.05, 0.1) is 55.2 Å². The number of aldehydes is 1. The third kappa shape index (κ3) is 17.5. The van der Waals surface area contributed by atoms with Crippen LogP contribution in [-0.4, -0.2) is 202 Å². The number of nitrogens with zero attached hydrogens (tertiary/aromatic N) is 1. The normalized spacial score (nSPS) is 42.2. The van der Waals surface area contributed by atoms with Crippen LogP contribution in [0.2, 0.25) is 0 Å². The summed E-state index contributed by atoms with van der Waals surface area (Å²) in [6.07, 6.45) is -8.49. The lowest BCUT2D eigenvalue weighted by molar-refractivity contribution is -0.341. The molecule has 0 aromatic carbocycles. The first-order valence-electron chi connectivity index (χ1n) is 23.5. The van der Waals surface area contributed by atoms with Gasteiger partial charge >= 0.3 is 13.8 Å². The molecule has 3 saturated heterocycles. The van der Waals surface area contributed by atoms with E-state index in [1.54, 1.807) is 59.7 Å². The third-order valence-corrected chi connectivity index (χ3v) is 13.4. The Morgan fingerprint density at radius 3 is 2.01 bits per heavy atom. The highest BCUT2D eigenvalue weighted by Crippen LogP contribution is 2.38. The first-order chi connectivity index (χ1) is 32.1. The minimum Gasteiger partial charge on any atom is -0.462 e. The maximum Gasteiger partial charge on any atom is 0.466 e. The number of ketones is 1. The van der Waals surface area contributed by atoms with E-state index >= 15 is 0 Å². The Kier molecular flexibility index (Phi) is 24.1. The number of carbonyl (C=O) groups is 3. The van der Waals surface area contributed by atoms with Gasteiger partial charge in [-0.3, -0.25) is 9.59 Å². The van der Waals surface area contributed by atoms with Gasteiger partial charge in [0.15, 0.2) is 24.7 Å². The Bertz CT molecular complexity index is 1720. The lowest BCUT2D eigenvalue weighted by atomic mass is 9.79. The predicted octanol–water partition coefficient (Wildman–Crippen LogP) is 0.905. The number of hydrogen-bond donors (Lipinski definition) is 8. The number of phosphoric acid groups is 1. The monoisotopic (exact) mass is 1010 g/mol. The predicted molar refractivity (Wildman–Crippen MR) is 245 cm³/mol. The smallest absolute Gasteiger partial charge is 0.462 e. The molecule has 0 bridgehead atoms. The molecule has 22 nitrogen and oxygen atoms in total. The molecule has 0 aromatic heterocycles. The molecule has 20 unspecified atom stereocenters. The maximum atomic E-state index is 13.8. The van der Waals surface area contributed by atoms with Gasteiger partial charge in [0.1, 0.15) is 49.0 Å². The van der Waals surface area contributed by atoms with Crippen molar-refractivity contribution in [2.45, 2.75) is 191 Å². The van der Waals surface area contributed by atoms with Gasteiger partial charge in [-0.15, -0.1) is 0 Å². The summed E-state index contributed by atoms with van der Waals surface area (Å²) in [4.78, 5) is 63.1. The van der Waals surface area contributed by atoms with E-state index < -0.39 is 148 Å². The summed E-state index contributed by atoms with van der Waals surface area (Å²) in [5.41, 5.74) is -0.806. The summed E-state index contributed by atoms with van der Waals surface area (Å²) in [5.74, 6) is -3.59. The molecule has 0 aromatic rings. The van der Waals surface area contributed by atoms with E-state index in [2.05, 4.69) is 0 Å². The van der Waals surface area contributed by atoms with Crippen LogP contribution < -0.4 is 0 Å². The number of likely N-dealkylation sites (N-methyl/N-ethyl adjacent to an activating group) is 1. The Balaban J connectivity index is 0.00000239. The van der Waals surface area contributed by atoms with Crippen molar-refractivity contribution in [1.29, 1.82) is 0 Å². The van der Waals surface area contributed by atoms with Gasteiger partial charge in [-0.05, 0) is 73.5 Å². The fourth-order valence-electron chi connectivity index (χ4n) is 9.51. The number of cyclic esters (lactones) is 1. The zero-order chi connectivity index (χ0) is 52.3. The van der Waals surface area contributed by atoms with Crippen LogP contribution in [-0.2, 0) is 61.6 Å². The number of allylic oxidation sites excluding steroid dienone is 3. The van der Waals surface area contributed by atoms with Gasteiger partial charge in [-0.2, -0.15) is 0 Å². The molecule has 3 fully saturated rings. The summed E-state index contributed by atoms with van der Waals surface area (Å²) in [6.45, 7) is 13.6. The van der Waals surface area contributed by atoms with Crippen molar-refractivity contribution in [3.05, 3.63) is 23.8 Å². The molecular weight excluding hydrogens is 933 g/mol. The summed E-state index contributed by atoms with van der Waals surface area (Å²) in [7, 11) is 1.79. The lowest BCUT2D eigenvalue weighted by Crippen LogP contribution is -2.65. The first kappa shape index (κ1) is 61.1. The SMILES string of the molecule is CCC1OC(=O)CC(O)C(C)C(OC2OC(C)C(OC3C[C@@](C)(O)C(O)C(C)O3)C(N(C)C)C2O)C(CC=O)CC(C)C(=O)C=CC(C)=CC1COC1OC(C)C(O)C(OC)C1OC.O=P(O)(O)O. The van der Waals surface area contributed by atoms with Crippen molar-refractivity contribution in [3.8, 4) is 0 Å².